The number of nitrogens with one attached hydrogen (secondary N) is 3. The SMILES string of the molecule is O=C(O)CCN1CNNN1. The highest BCUT2D eigenvalue weighted by atomic mass is 16.4. The van der Waals surface area contributed by atoms with Gasteiger partial charge >= 0.3 is 5.97 Å². The first-order chi connectivity index (χ1) is 4.79. The van der Waals surface area contributed by atoms with E-state index in [1.807, 2.05) is 0 Å². The Morgan fingerprint density at radius 1 is 1.70 bits per heavy atom. The second-order valence-electron chi connectivity index (χ2n) is 1.98. The van der Waals surface area contributed by atoms with Gasteiger partial charge in [0.15, 0.2) is 0 Å². The standard InChI is InChI=1S/C4H10N4O2/c9-4(10)1-2-8-3-5-6-7-8/h5-7H,1-3H2,(H,9,10). The van der Waals surface area contributed by atoms with Crippen LogP contribution in [0.5, 0.6) is 0 Å². The summed E-state index contributed by atoms with van der Waals surface area (Å²) in [5.74, 6) is -0.784. The quantitative estimate of drug-likeness (QED) is 0.378. The van der Waals surface area contributed by atoms with Crippen molar-refractivity contribution in [2.24, 2.45) is 0 Å². The number of carbonyl (C=O) groups is 1. The molecule has 0 unspecified atom stereocenters. The predicted molar refractivity (Wildman–Crippen MR) is 33.2 cm³/mol. The van der Waals surface area contributed by atoms with Crippen molar-refractivity contribution in [1.29, 1.82) is 0 Å². The number of rotatable bonds is 3. The Kier molecular flexibility index (Phi) is 2.57. The Hall–Kier alpha value is -0.690. The molecule has 1 fully saturated rings. The van der Waals surface area contributed by atoms with Crippen molar-refractivity contribution < 1.29 is 9.90 Å². The van der Waals surface area contributed by atoms with Crippen LogP contribution in [0.4, 0.5) is 0 Å². The second-order valence-corrected chi connectivity index (χ2v) is 1.98. The molecule has 1 heterocycles. The number of nitrogens with zero attached hydrogens (tertiary/aromatic N) is 1. The van der Waals surface area contributed by atoms with Crippen molar-refractivity contribution in [3.63, 3.8) is 0 Å². The van der Waals surface area contributed by atoms with Gasteiger partial charge < -0.3 is 5.11 Å². The zero-order valence-electron chi connectivity index (χ0n) is 5.42. The minimum Gasteiger partial charge on any atom is -0.481 e. The Morgan fingerprint density at radius 3 is 3.00 bits per heavy atom. The summed E-state index contributed by atoms with van der Waals surface area (Å²) in [6.07, 6.45) is 0.149. The maximum atomic E-state index is 10.1. The van der Waals surface area contributed by atoms with Gasteiger partial charge in [0, 0.05) is 6.54 Å². The van der Waals surface area contributed by atoms with E-state index in [4.69, 9.17) is 5.11 Å². The van der Waals surface area contributed by atoms with E-state index in [9.17, 15) is 4.79 Å². The molecule has 1 aliphatic heterocycles. The van der Waals surface area contributed by atoms with Crippen LogP contribution in [-0.2, 0) is 4.79 Å². The molecule has 6 nitrogen and oxygen atoms in total. The van der Waals surface area contributed by atoms with Gasteiger partial charge in [-0.05, 0) is 0 Å². The Balaban J connectivity index is 2.07. The Labute approximate surface area is 58.1 Å². The smallest absolute Gasteiger partial charge is 0.304 e. The zero-order chi connectivity index (χ0) is 7.40. The molecule has 0 aromatic rings. The molecule has 58 valence electrons. The molecule has 0 atom stereocenters. The number of hydrazine groups is 3. The largest absolute Gasteiger partial charge is 0.481 e. The second kappa shape index (κ2) is 3.47. The first-order valence-corrected chi connectivity index (χ1v) is 2.99. The molecule has 0 saturated carbocycles. The monoisotopic (exact) mass is 146 g/mol. The van der Waals surface area contributed by atoms with Gasteiger partial charge in [-0.15, -0.1) is 0 Å². The van der Waals surface area contributed by atoms with Crippen molar-refractivity contribution in [3.8, 4) is 0 Å². The minimum atomic E-state index is -0.784. The molecule has 0 radical (unpaired) electrons. The predicted octanol–water partition coefficient (Wildman–Crippen LogP) is -1.75. The number of hydrogen-bond acceptors (Lipinski definition) is 5. The molecule has 0 amide bonds. The van der Waals surface area contributed by atoms with Crippen LogP contribution in [0.1, 0.15) is 6.42 Å². The van der Waals surface area contributed by atoms with Crippen LogP contribution in [0.25, 0.3) is 0 Å². The van der Waals surface area contributed by atoms with Crippen LogP contribution in [0.3, 0.4) is 0 Å². The van der Waals surface area contributed by atoms with Gasteiger partial charge in [0.25, 0.3) is 0 Å². The number of carboxylic acid groups (broad SMARTS) is 1. The van der Waals surface area contributed by atoms with E-state index in [0.717, 1.165) is 0 Å². The first kappa shape index (κ1) is 7.42. The summed E-state index contributed by atoms with van der Waals surface area (Å²) in [7, 11) is 0. The van der Waals surface area contributed by atoms with Crippen molar-refractivity contribution >= 4 is 5.97 Å². The topological polar surface area (TPSA) is 76.6 Å². The molecule has 0 spiro atoms. The van der Waals surface area contributed by atoms with E-state index < -0.39 is 5.97 Å². The fourth-order valence-electron chi connectivity index (χ4n) is 0.659. The van der Waals surface area contributed by atoms with E-state index >= 15 is 0 Å². The summed E-state index contributed by atoms with van der Waals surface area (Å²) in [4.78, 5) is 10.1. The third kappa shape index (κ3) is 2.28. The minimum absolute atomic E-state index is 0.149. The van der Waals surface area contributed by atoms with Crippen LogP contribution < -0.4 is 16.5 Å². The van der Waals surface area contributed by atoms with Crippen LogP contribution in [-0.4, -0.2) is 29.3 Å². The van der Waals surface area contributed by atoms with Gasteiger partial charge in [0.05, 0.1) is 13.1 Å². The number of carboxylic acids is 1. The summed E-state index contributed by atoms with van der Waals surface area (Å²) in [5, 5.41) is 10.0. The summed E-state index contributed by atoms with van der Waals surface area (Å²) >= 11 is 0. The molecule has 4 N–H and O–H groups in total. The van der Waals surface area contributed by atoms with Crippen molar-refractivity contribution in [3.05, 3.63) is 0 Å². The highest BCUT2D eigenvalue weighted by molar-refractivity contribution is 5.66. The summed E-state index contributed by atoms with van der Waals surface area (Å²) in [5.41, 5.74) is 8.12. The van der Waals surface area contributed by atoms with Crippen LogP contribution in [0.2, 0.25) is 0 Å². The number of aliphatic carboxylic acids is 1. The summed E-state index contributed by atoms with van der Waals surface area (Å²) < 4.78 is 0. The molecule has 0 aromatic carbocycles. The maximum absolute atomic E-state index is 10.1. The van der Waals surface area contributed by atoms with E-state index in [2.05, 4.69) is 16.5 Å². The van der Waals surface area contributed by atoms with Crippen LogP contribution in [0, 0.1) is 0 Å². The Morgan fingerprint density at radius 2 is 2.50 bits per heavy atom. The summed E-state index contributed by atoms with van der Waals surface area (Å²) in [6.45, 7) is 1.11. The highest BCUT2D eigenvalue weighted by Crippen LogP contribution is 1.86. The average Bonchev–Trinajstić information content (AvgIpc) is 2.34. The molecule has 10 heavy (non-hydrogen) atoms. The van der Waals surface area contributed by atoms with Gasteiger partial charge in [0.1, 0.15) is 0 Å². The lowest BCUT2D eigenvalue weighted by Gasteiger charge is -2.09. The molecule has 0 aliphatic carbocycles. The van der Waals surface area contributed by atoms with Crippen LogP contribution >= 0.6 is 0 Å². The van der Waals surface area contributed by atoms with E-state index in [-0.39, 0.29) is 6.42 Å². The fourth-order valence-corrected chi connectivity index (χ4v) is 0.659. The van der Waals surface area contributed by atoms with Crippen molar-refractivity contribution in [2.75, 3.05) is 13.2 Å². The normalized spacial score (nSPS) is 19.6. The average molecular weight is 146 g/mol. The van der Waals surface area contributed by atoms with Crippen molar-refractivity contribution in [2.45, 2.75) is 6.42 Å². The molecule has 0 bridgehead atoms. The molecule has 0 aromatic heterocycles. The molecular formula is C4H10N4O2. The highest BCUT2D eigenvalue weighted by Gasteiger charge is 2.09. The fraction of sp³-hybridized carbons (Fsp3) is 0.750. The van der Waals surface area contributed by atoms with Gasteiger partial charge in [-0.1, -0.05) is 0 Å². The lowest BCUT2D eigenvalue weighted by atomic mass is 10.4. The van der Waals surface area contributed by atoms with Gasteiger partial charge in [0.2, 0.25) is 0 Å². The lowest BCUT2D eigenvalue weighted by molar-refractivity contribution is -0.137. The van der Waals surface area contributed by atoms with Gasteiger partial charge in [-0.3, -0.25) is 4.79 Å². The van der Waals surface area contributed by atoms with Crippen LogP contribution in [0.15, 0.2) is 0 Å². The van der Waals surface area contributed by atoms with E-state index in [1.54, 1.807) is 5.01 Å². The molecular weight excluding hydrogens is 136 g/mol. The molecule has 6 heteroatoms. The maximum Gasteiger partial charge on any atom is 0.304 e. The van der Waals surface area contributed by atoms with Crippen molar-refractivity contribution in [1.82, 2.24) is 21.5 Å². The molecule has 1 aliphatic rings. The van der Waals surface area contributed by atoms with Gasteiger partial charge in [-0.25, -0.2) is 10.4 Å². The molecule has 1 saturated heterocycles. The Bertz CT molecular complexity index is 122. The van der Waals surface area contributed by atoms with E-state index in [1.165, 1.54) is 0 Å². The summed E-state index contributed by atoms with van der Waals surface area (Å²) in [6, 6.07) is 0. The van der Waals surface area contributed by atoms with E-state index in [0.29, 0.717) is 13.2 Å². The number of hydrogen-bond donors (Lipinski definition) is 4. The van der Waals surface area contributed by atoms with Gasteiger partial charge in [-0.2, -0.15) is 11.1 Å². The molecule has 1 rings (SSSR count). The zero-order valence-corrected chi connectivity index (χ0v) is 5.42. The third-order valence-electron chi connectivity index (χ3n) is 1.17. The first-order valence-electron chi connectivity index (χ1n) is 2.99. The lowest BCUT2D eigenvalue weighted by Crippen LogP contribution is -2.37. The third-order valence-corrected chi connectivity index (χ3v) is 1.17.